The van der Waals surface area contributed by atoms with Crippen molar-refractivity contribution in [2.24, 2.45) is 0 Å². The van der Waals surface area contributed by atoms with Crippen LogP contribution in [-0.2, 0) is 23.1 Å². The summed E-state index contributed by atoms with van der Waals surface area (Å²) in [6.07, 6.45) is 10.6. The highest BCUT2D eigenvalue weighted by atomic mass is 32.2. The molecule has 0 radical (unpaired) electrons. The number of sulfonamides is 1. The standard InChI is InChI=1S/C37H36N4O3S/c42-37(40-33-13-5-2-6-14-33)32-21-22-35(39-25-32)31-19-17-28(18-20-31)26-41(27-29-10-9-23-38-24-29)45(43,44)36-16-8-7-15-34(36)30-11-3-1-4-12-30/h1,3-4,7-12,15-25,33H,2,5-6,13-14,26-27H2,(H,40,42). The van der Waals surface area contributed by atoms with Crippen LogP contribution < -0.4 is 5.32 Å². The van der Waals surface area contributed by atoms with E-state index in [4.69, 9.17) is 0 Å². The Morgan fingerprint density at radius 1 is 0.733 bits per heavy atom. The molecule has 1 amide bonds. The Hall–Kier alpha value is -4.66. The highest BCUT2D eigenvalue weighted by Crippen LogP contribution is 2.31. The van der Waals surface area contributed by atoms with Gasteiger partial charge in [0, 0.05) is 48.8 Å². The Morgan fingerprint density at radius 3 is 2.18 bits per heavy atom. The number of rotatable bonds is 10. The molecule has 1 aliphatic carbocycles. The molecule has 45 heavy (non-hydrogen) atoms. The summed E-state index contributed by atoms with van der Waals surface area (Å²) in [5.41, 5.74) is 5.31. The van der Waals surface area contributed by atoms with E-state index in [9.17, 15) is 13.2 Å². The van der Waals surface area contributed by atoms with Gasteiger partial charge in [0.2, 0.25) is 10.0 Å². The number of aromatic nitrogens is 2. The number of pyridine rings is 2. The lowest BCUT2D eigenvalue weighted by Gasteiger charge is -2.24. The smallest absolute Gasteiger partial charge is 0.253 e. The quantitative estimate of drug-likeness (QED) is 0.178. The zero-order valence-electron chi connectivity index (χ0n) is 25.0. The first-order chi connectivity index (χ1) is 22.0. The number of carbonyl (C=O) groups is 1. The molecule has 0 saturated heterocycles. The van der Waals surface area contributed by atoms with Gasteiger partial charge in [-0.25, -0.2) is 8.42 Å². The number of amides is 1. The average molecular weight is 617 g/mol. The third kappa shape index (κ3) is 7.36. The normalized spacial score (nSPS) is 13.9. The molecule has 8 heteroatoms. The van der Waals surface area contributed by atoms with Crippen LogP contribution in [0.2, 0.25) is 0 Å². The Balaban J connectivity index is 1.22. The summed E-state index contributed by atoms with van der Waals surface area (Å²) in [4.78, 5) is 21.7. The maximum absolute atomic E-state index is 14.3. The fourth-order valence-corrected chi connectivity index (χ4v) is 7.44. The molecule has 7 nitrogen and oxygen atoms in total. The van der Waals surface area contributed by atoms with Gasteiger partial charge in [-0.3, -0.25) is 14.8 Å². The van der Waals surface area contributed by atoms with Crippen molar-refractivity contribution in [1.29, 1.82) is 0 Å². The Morgan fingerprint density at radius 2 is 1.47 bits per heavy atom. The molecule has 0 bridgehead atoms. The van der Waals surface area contributed by atoms with Crippen LogP contribution >= 0.6 is 0 Å². The maximum atomic E-state index is 14.3. The summed E-state index contributed by atoms with van der Waals surface area (Å²) < 4.78 is 30.1. The molecule has 5 aromatic rings. The molecule has 6 rings (SSSR count). The molecule has 0 unspecified atom stereocenters. The molecule has 0 atom stereocenters. The minimum Gasteiger partial charge on any atom is -0.349 e. The monoisotopic (exact) mass is 616 g/mol. The highest BCUT2D eigenvalue weighted by molar-refractivity contribution is 7.89. The Kier molecular flexibility index (Phi) is 9.43. The second-order valence-corrected chi connectivity index (χ2v) is 13.3. The van der Waals surface area contributed by atoms with Crippen LogP contribution in [0.15, 0.2) is 127 Å². The molecule has 2 heterocycles. The van der Waals surface area contributed by atoms with Crippen LogP contribution in [0.25, 0.3) is 22.4 Å². The molecule has 1 aliphatic rings. The predicted molar refractivity (Wildman–Crippen MR) is 177 cm³/mol. The van der Waals surface area contributed by atoms with E-state index < -0.39 is 10.0 Å². The molecule has 228 valence electrons. The number of hydrogen-bond acceptors (Lipinski definition) is 5. The topological polar surface area (TPSA) is 92.3 Å². The van der Waals surface area contributed by atoms with E-state index in [1.54, 1.807) is 36.8 Å². The molecule has 0 aliphatic heterocycles. The van der Waals surface area contributed by atoms with Gasteiger partial charge in [0.25, 0.3) is 5.91 Å². The fourth-order valence-electron chi connectivity index (χ4n) is 5.81. The van der Waals surface area contributed by atoms with Gasteiger partial charge in [0.1, 0.15) is 0 Å². The molecular formula is C37H36N4O3S. The van der Waals surface area contributed by atoms with Crippen LogP contribution in [0.3, 0.4) is 0 Å². The van der Waals surface area contributed by atoms with Crippen LogP contribution in [0, 0.1) is 0 Å². The summed E-state index contributed by atoms with van der Waals surface area (Å²) in [5, 5.41) is 3.14. The van der Waals surface area contributed by atoms with E-state index in [1.165, 1.54) is 10.7 Å². The first-order valence-electron chi connectivity index (χ1n) is 15.4. The first-order valence-corrected chi connectivity index (χ1v) is 16.8. The van der Waals surface area contributed by atoms with Crippen LogP contribution in [0.5, 0.6) is 0 Å². The van der Waals surface area contributed by atoms with E-state index in [1.807, 2.05) is 84.9 Å². The van der Waals surface area contributed by atoms with E-state index >= 15 is 0 Å². The second kappa shape index (κ2) is 14.0. The minimum absolute atomic E-state index is 0.0833. The van der Waals surface area contributed by atoms with Crippen LogP contribution in [0.1, 0.15) is 53.6 Å². The molecule has 1 fully saturated rings. The van der Waals surface area contributed by atoms with Crippen molar-refractivity contribution >= 4 is 15.9 Å². The van der Waals surface area contributed by atoms with Gasteiger partial charge < -0.3 is 5.32 Å². The van der Waals surface area contributed by atoms with E-state index in [2.05, 4.69) is 15.3 Å². The van der Waals surface area contributed by atoms with Crippen molar-refractivity contribution in [3.63, 3.8) is 0 Å². The first kappa shape index (κ1) is 30.4. The van der Waals surface area contributed by atoms with Crippen LogP contribution in [0.4, 0.5) is 0 Å². The zero-order valence-corrected chi connectivity index (χ0v) is 25.9. The fraction of sp³-hybridized carbons (Fsp3) is 0.216. The molecule has 1 saturated carbocycles. The van der Waals surface area contributed by atoms with Gasteiger partial charge in [-0.1, -0.05) is 98.1 Å². The summed E-state index contributed by atoms with van der Waals surface area (Å²) in [6.45, 7) is 0.349. The molecular weight excluding hydrogens is 580 g/mol. The number of nitrogens with one attached hydrogen (secondary N) is 1. The largest absolute Gasteiger partial charge is 0.349 e. The SMILES string of the molecule is O=C(NC1CCCCC1)c1ccc(-c2ccc(CN(Cc3cccnc3)S(=O)(=O)c3ccccc3-c3ccccc3)cc2)nc1. The van der Waals surface area contributed by atoms with Gasteiger partial charge >= 0.3 is 0 Å². The lowest BCUT2D eigenvalue weighted by atomic mass is 9.95. The van der Waals surface area contributed by atoms with Crippen molar-refractivity contribution < 1.29 is 13.2 Å². The molecule has 1 N–H and O–H groups in total. The van der Waals surface area contributed by atoms with E-state index in [0.29, 0.717) is 11.1 Å². The van der Waals surface area contributed by atoms with Gasteiger partial charge in [0.15, 0.2) is 0 Å². The summed E-state index contributed by atoms with van der Waals surface area (Å²) in [5.74, 6) is -0.0833. The zero-order chi connectivity index (χ0) is 31.1. The van der Waals surface area contributed by atoms with Gasteiger partial charge in [-0.2, -0.15) is 4.31 Å². The van der Waals surface area contributed by atoms with Crippen LogP contribution in [-0.4, -0.2) is 34.6 Å². The third-order valence-corrected chi connectivity index (χ3v) is 10.1. The molecule has 0 spiro atoms. The van der Waals surface area contributed by atoms with Crippen molar-refractivity contribution in [3.8, 4) is 22.4 Å². The third-order valence-electron chi connectivity index (χ3n) is 8.25. The van der Waals surface area contributed by atoms with Gasteiger partial charge in [0.05, 0.1) is 16.2 Å². The lowest BCUT2D eigenvalue weighted by molar-refractivity contribution is 0.0927. The minimum atomic E-state index is -3.91. The number of benzene rings is 3. The number of nitrogens with zero attached hydrogens (tertiary/aromatic N) is 3. The summed E-state index contributed by atoms with van der Waals surface area (Å²) in [7, 11) is -3.91. The maximum Gasteiger partial charge on any atom is 0.253 e. The number of carbonyl (C=O) groups excluding carboxylic acids is 1. The summed E-state index contributed by atoms with van der Waals surface area (Å²) in [6, 6.07) is 32.0. The Bertz CT molecular complexity index is 1820. The van der Waals surface area contributed by atoms with Crippen molar-refractivity contribution in [1.82, 2.24) is 19.6 Å². The van der Waals surface area contributed by atoms with Crippen molar-refractivity contribution in [3.05, 3.63) is 138 Å². The number of hydrogen-bond donors (Lipinski definition) is 1. The van der Waals surface area contributed by atoms with Gasteiger partial charge in [-0.05, 0) is 53.8 Å². The second-order valence-electron chi connectivity index (χ2n) is 11.4. The van der Waals surface area contributed by atoms with Gasteiger partial charge in [-0.15, -0.1) is 0 Å². The summed E-state index contributed by atoms with van der Waals surface area (Å²) >= 11 is 0. The molecule has 3 aromatic carbocycles. The Labute approximate surface area is 265 Å². The lowest BCUT2D eigenvalue weighted by Crippen LogP contribution is -2.36. The van der Waals surface area contributed by atoms with Crippen molar-refractivity contribution in [2.75, 3.05) is 0 Å². The predicted octanol–water partition coefficient (Wildman–Crippen LogP) is 7.26. The van der Waals surface area contributed by atoms with E-state index in [0.717, 1.165) is 53.6 Å². The van der Waals surface area contributed by atoms with Crippen molar-refractivity contribution in [2.45, 2.75) is 56.1 Å². The molecule has 2 aromatic heterocycles. The average Bonchev–Trinajstić information content (AvgIpc) is 3.10. The van der Waals surface area contributed by atoms with E-state index in [-0.39, 0.29) is 29.9 Å². The highest BCUT2D eigenvalue weighted by Gasteiger charge is 2.28.